The van der Waals surface area contributed by atoms with Crippen molar-refractivity contribution < 1.29 is 18.7 Å². The molecule has 0 aliphatic rings. The molecule has 1 aromatic rings. The largest absolute Gasteiger partial charge is 0.495 e. The Hall–Kier alpha value is -1.42. The molecule has 0 fully saturated rings. The van der Waals surface area contributed by atoms with Crippen molar-refractivity contribution in [1.82, 2.24) is 0 Å². The normalized spacial score (nSPS) is 9.64. The molecule has 1 aromatic carbocycles. The summed E-state index contributed by atoms with van der Waals surface area (Å²) in [6.45, 7) is 0. The highest BCUT2D eigenvalue weighted by Gasteiger charge is 2.18. The van der Waals surface area contributed by atoms with Gasteiger partial charge in [-0.05, 0) is 23.7 Å². The molecule has 0 spiro atoms. The number of aldehydes is 1. The molecule has 0 amide bonds. The van der Waals surface area contributed by atoms with E-state index in [1.807, 2.05) is 0 Å². The molecule has 5 heteroatoms. The summed E-state index contributed by atoms with van der Waals surface area (Å²) in [5.41, 5.74) is -0.336. The molecule has 0 N–H and O–H groups in total. The van der Waals surface area contributed by atoms with Gasteiger partial charge in [0.1, 0.15) is 17.1 Å². The standard InChI is InChI=1S/C9H6ClFO3/c1-14-8-5(4-12)2-3-6(11)7(8)9(10)13/h2-4H,1H3. The molecule has 3 nitrogen and oxygen atoms in total. The number of benzene rings is 1. The van der Waals surface area contributed by atoms with Crippen molar-refractivity contribution in [2.75, 3.05) is 7.11 Å². The van der Waals surface area contributed by atoms with Gasteiger partial charge in [-0.2, -0.15) is 0 Å². The Kier molecular flexibility index (Phi) is 3.19. The van der Waals surface area contributed by atoms with Crippen molar-refractivity contribution in [3.8, 4) is 5.75 Å². The maximum absolute atomic E-state index is 13.1. The van der Waals surface area contributed by atoms with Crippen LogP contribution in [0.15, 0.2) is 12.1 Å². The maximum atomic E-state index is 13.1. The number of carbonyl (C=O) groups is 2. The minimum Gasteiger partial charge on any atom is -0.495 e. The molecule has 0 aromatic heterocycles. The highest BCUT2D eigenvalue weighted by Crippen LogP contribution is 2.26. The molecular formula is C9H6ClFO3. The minimum absolute atomic E-state index is 0.0814. The molecule has 0 aliphatic heterocycles. The van der Waals surface area contributed by atoms with Crippen LogP contribution in [0.3, 0.4) is 0 Å². The number of rotatable bonds is 3. The molecule has 0 saturated carbocycles. The lowest BCUT2D eigenvalue weighted by molar-refractivity contribution is 0.107. The fourth-order valence-electron chi connectivity index (χ4n) is 1.07. The number of ether oxygens (including phenoxy) is 1. The van der Waals surface area contributed by atoms with Crippen LogP contribution in [0.1, 0.15) is 20.7 Å². The van der Waals surface area contributed by atoms with Crippen LogP contribution in [0, 0.1) is 5.82 Å². The number of carbonyl (C=O) groups excluding carboxylic acids is 2. The predicted octanol–water partition coefficient (Wildman–Crippen LogP) is 2.03. The van der Waals surface area contributed by atoms with Crippen molar-refractivity contribution in [1.29, 1.82) is 0 Å². The van der Waals surface area contributed by atoms with Crippen LogP contribution in [-0.2, 0) is 0 Å². The van der Waals surface area contributed by atoms with Gasteiger partial charge in [-0.3, -0.25) is 9.59 Å². The van der Waals surface area contributed by atoms with E-state index in [4.69, 9.17) is 16.3 Å². The fraction of sp³-hybridized carbons (Fsp3) is 0.111. The Morgan fingerprint density at radius 2 is 2.21 bits per heavy atom. The lowest BCUT2D eigenvalue weighted by Gasteiger charge is -2.07. The van der Waals surface area contributed by atoms with Gasteiger partial charge in [0.2, 0.25) is 0 Å². The van der Waals surface area contributed by atoms with Gasteiger partial charge < -0.3 is 4.74 Å². The topological polar surface area (TPSA) is 43.4 Å². The van der Waals surface area contributed by atoms with E-state index in [0.717, 1.165) is 6.07 Å². The maximum Gasteiger partial charge on any atom is 0.259 e. The summed E-state index contributed by atoms with van der Waals surface area (Å²) >= 11 is 5.15. The predicted molar refractivity (Wildman–Crippen MR) is 48.5 cm³/mol. The molecule has 0 heterocycles. The summed E-state index contributed by atoms with van der Waals surface area (Å²) in [6, 6.07) is 2.20. The van der Waals surface area contributed by atoms with E-state index in [1.165, 1.54) is 13.2 Å². The van der Waals surface area contributed by atoms with Crippen LogP contribution in [0.25, 0.3) is 0 Å². The molecule has 0 atom stereocenters. The van der Waals surface area contributed by atoms with Crippen molar-refractivity contribution >= 4 is 23.1 Å². The quantitative estimate of drug-likeness (QED) is 0.574. The van der Waals surface area contributed by atoms with Crippen LogP contribution in [0.5, 0.6) is 5.75 Å². The van der Waals surface area contributed by atoms with E-state index < -0.39 is 16.6 Å². The monoisotopic (exact) mass is 216 g/mol. The molecule has 0 radical (unpaired) electrons. The van der Waals surface area contributed by atoms with Gasteiger partial charge >= 0.3 is 0 Å². The highest BCUT2D eigenvalue weighted by molar-refractivity contribution is 6.68. The first kappa shape index (κ1) is 10.7. The van der Waals surface area contributed by atoms with E-state index in [1.54, 1.807) is 0 Å². The van der Waals surface area contributed by atoms with Crippen molar-refractivity contribution in [2.45, 2.75) is 0 Å². The van der Waals surface area contributed by atoms with Crippen molar-refractivity contribution in [2.24, 2.45) is 0 Å². The average Bonchev–Trinajstić information content (AvgIpc) is 2.16. The lowest BCUT2D eigenvalue weighted by atomic mass is 10.1. The molecule has 0 saturated heterocycles. The first-order valence-electron chi connectivity index (χ1n) is 3.63. The fourth-order valence-corrected chi connectivity index (χ4v) is 1.25. The van der Waals surface area contributed by atoms with Gasteiger partial charge in [-0.1, -0.05) is 0 Å². The third-order valence-corrected chi connectivity index (χ3v) is 1.85. The molecule has 1 rings (SSSR count). The van der Waals surface area contributed by atoms with E-state index in [2.05, 4.69) is 0 Å². The van der Waals surface area contributed by atoms with Gasteiger partial charge in [0, 0.05) is 0 Å². The zero-order valence-electron chi connectivity index (χ0n) is 7.21. The summed E-state index contributed by atoms with van der Waals surface area (Å²) in [5, 5.41) is -0.997. The van der Waals surface area contributed by atoms with Gasteiger partial charge in [-0.15, -0.1) is 0 Å². The summed E-state index contributed by atoms with van der Waals surface area (Å²) in [5.74, 6) is -0.951. The Morgan fingerprint density at radius 3 is 2.64 bits per heavy atom. The SMILES string of the molecule is COc1c(C=O)ccc(F)c1C(=O)Cl. The first-order valence-corrected chi connectivity index (χ1v) is 4.01. The third-order valence-electron chi connectivity index (χ3n) is 1.66. The van der Waals surface area contributed by atoms with Gasteiger partial charge in [0.25, 0.3) is 5.24 Å². The van der Waals surface area contributed by atoms with E-state index >= 15 is 0 Å². The van der Waals surface area contributed by atoms with Gasteiger partial charge in [0.15, 0.2) is 6.29 Å². The summed E-state index contributed by atoms with van der Waals surface area (Å²) in [4.78, 5) is 21.4. The highest BCUT2D eigenvalue weighted by atomic mass is 35.5. The van der Waals surface area contributed by atoms with Crippen LogP contribution < -0.4 is 4.74 Å². The second-order valence-electron chi connectivity index (χ2n) is 2.44. The molecule has 0 unspecified atom stereocenters. The minimum atomic E-state index is -0.997. The van der Waals surface area contributed by atoms with Crippen LogP contribution in [-0.4, -0.2) is 18.6 Å². The third kappa shape index (κ3) is 1.75. The Morgan fingerprint density at radius 1 is 1.57 bits per heavy atom. The summed E-state index contributed by atoms with van der Waals surface area (Å²) in [7, 11) is 1.23. The second kappa shape index (κ2) is 4.19. The van der Waals surface area contributed by atoms with Gasteiger partial charge in [0.05, 0.1) is 12.7 Å². The average molecular weight is 217 g/mol. The first-order chi connectivity index (χ1) is 6.61. The van der Waals surface area contributed by atoms with Crippen molar-refractivity contribution in [3.05, 3.63) is 29.1 Å². The van der Waals surface area contributed by atoms with Gasteiger partial charge in [-0.25, -0.2) is 4.39 Å². The number of hydrogen-bond acceptors (Lipinski definition) is 3. The lowest BCUT2D eigenvalue weighted by Crippen LogP contribution is -2.02. The smallest absolute Gasteiger partial charge is 0.259 e. The second-order valence-corrected chi connectivity index (χ2v) is 2.78. The Balaban J connectivity index is 3.50. The zero-order chi connectivity index (χ0) is 10.7. The molecule has 0 bridgehead atoms. The number of halogens is 2. The molecule has 74 valence electrons. The molecule has 14 heavy (non-hydrogen) atoms. The van der Waals surface area contributed by atoms with Crippen LogP contribution >= 0.6 is 11.6 Å². The molecule has 0 aliphatic carbocycles. The Bertz CT molecular complexity index is 390. The Labute approximate surface area is 84.4 Å². The zero-order valence-corrected chi connectivity index (χ0v) is 7.97. The summed E-state index contributed by atoms with van der Waals surface area (Å²) < 4.78 is 17.8. The number of methoxy groups -OCH3 is 1. The van der Waals surface area contributed by atoms with Crippen LogP contribution in [0.2, 0.25) is 0 Å². The number of hydrogen-bond donors (Lipinski definition) is 0. The molecular weight excluding hydrogens is 211 g/mol. The van der Waals surface area contributed by atoms with Crippen LogP contribution in [0.4, 0.5) is 4.39 Å². The van der Waals surface area contributed by atoms with E-state index in [9.17, 15) is 14.0 Å². The van der Waals surface area contributed by atoms with E-state index in [0.29, 0.717) is 6.29 Å². The van der Waals surface area contributed by atoms with Crippen molar-refractivity contribution in [3.63, 3.8) is 0 Å². The summed E-state index contributed by atoms with van der Waals surface area (Å²) in [6.07, 6.45) is 0.460. The van der Waals surface area contributed by atoms with E-state index in [-0.39, 0.29) is 11.3 Å².